The number of anilines is 1. The van der Waals surface area contributed by atoms with Crippen LogP contribution < -0.4 is 15.6 Å². The van der Waals surface area contributed by atoms with Crippen molar-refractivity contribution in [3.8, 4) is 22.7 Å². The Hall–Kier alpha value is -5.31. The summed E-state index contributed by atoms with van der Waals surface area (Å²) in [7, 11) is 2.55. The molecule has 5 rings (SSSR count). The number of fused-ring (bicyclic) bond motifs is 3. The van der Waals surface area contributed by atoms with Crippen molar-refractivity contribution in [2.75, 3.05) is 19.5 Å². The Bertz CT molecular complexity index is 1730. The van der Waals surface area contributed by atoms with E-state index in [0.717, 1.165) is 12.7 Å². The minimum Gasteiger partial charge on any atom is -0.497 e. The molecule has 9 nitrogen and oxygen atoms in total. The average molecular weight is 523 g/mol. The number of hydrogen-bond acceptors (Lipinski definition) is 7. The number of hydrogen-bond donors (Lipinski definition) is 1. The Morgan fingerprint density at radius 2 is 1.44 bits per heavy atom. The summed E-state index contributed by atoms with van der Waals surface area (Å²) in [6.07, 6.45) is 0. The maximum absolute atomic E-state index is 14.1. The molecule has 1 heterocycles. The maximum atomic E-state index is 14.1. The quantitative estimate of drug-likeness (QED) is 0.203. The van der Waals surface area contributed by atoms with Gasteiger partial charge in [-0.05, 0) is 43.3 Å². The molecule has 3 aromatic carbocycles. The van der Waals surface area contributed by atoms with Gasteiger partial charge in [-0.3, -0.25) is 23.7 Å². The zero-order valence-corrected chi connectivity index (χ0v) is 21.2. The van der Waals surface area contributed by atoms with Crippen molar-refractivity contribution < 1.29 is 28.7 Å². The molecular formula is C30H22N2O7. The van der Waals surface area contributed by atoms with Gasteiger partial charge < -0.3 is 14.8 Å². The number of benzene rings is 3. The highest BCUT2D eigenvalue weighted by Crippen LogP contribution is 2.40. The number of rotatable bonds is 6. The van der Waals surface area contributed by atoms with E-state index in [-0.39, 0.29) is 22.5 Å². The van der Waals surface area contributed by atoms with Crippen LogP contribution in [0.25, 0.3) is 16.9 Å². The van der Waals surface area contributed by atoms with Crippen molar-refractivity contribution in [2.45, 2.75) is 6.92 Å². The van der Waals surface area contributed by atoms with E-state index in [4.69, 9.17) is 9.47 Å². The van der Waals surface area contributed by atoms with Crippen molar-refractivity contribution in [3.05, 3.63) is 111 Å². The van der Waals surface area contributed by atoms with Crippen LogP contribution >= 0.6 is 0 Å². The van der Waals surface area contributed by atoms with Gasteiger partial charge in [0.2, 0.25) is 0 Å². The molecule has 0 saturated heterocycles. The van der Waals surface area contributed by atoms with E-state index in [1.165, 1.54) is 23.8 Å². The van der Waals surface area contributed by atoms with Gasteiger partial charge in [-0.25, -0.2) is 4.79 Å². The van der Waals surface area contributed by atoms with Gasteiger partial charge in [0, 0.05) is 22.5 Å². The van der Waals surface area contributed by atoms with Crippen molar-refractivity contribution in [1.29, 1.82) is 0 Å². The summed E-state index contributed by atoms with van der Waals surface area (Å²) >= 11 is 0. The monoisotopic (exact) mass is 522 g/mol. The van der Waals surface area contributed by atoms with E-state index in [2.05, 4.69) is 5.32 Å². The lowest BCUT2D eigenvalue weighted by Crippen LogP contribution is -2.36. The number of amides is 1. The van der Waals surface area contributed by atoms with Crippen LogP contribution in [0.1, 0.15) is 42.2 Å². The second kappa shape index (κ2) is 9.86. The molecule has 39 heavy (non-hydrogen) atoms. The number of ether oxygens (including phenoxy) is 2. The highest BCUT2D eigenvalue weighted by Gasteiger charge is 2.40. The SMILES string of the molecule is COC(=O)c1c2c(n(-c3ccc(C)cc3)c(=O)c1C(=O)C(=O)Nc1ccc(OC)cc1)-c1ccccc1C2=O. The normalized spacial score (nSPS) is 11.4. The number of ketones is 2. The van der Waals surface area contributed by atoms with E-state index in [0.29, 0.717) is 17.0 Å². The van der Waals surface area contributed by atoms with Gasteiger partial charge >= 0.3 is 5.97 Å². The zero-order valence-electron chi connectivity index (χ0n) is 21.2. The fourth-order valence-electron chi connectivity index (χ4n) is 4.61. The number of esters is 1. The molecule has 1 aliphatic rings. The fourth-order valence-corrected chi connectivity index (χ4v) is 4.61. The van der Waals surface area contributed by atoms with E-state index < -0.39 is 40.1 Å². The number of nitrogens with one attached hydrogen (secondary N) is 1. The van der Waals surface area contributed by atoms with E-state index in [1.807, 2.05) is 6.92 Å². The summed E-state index contributed by atoms with van der Waals surface area (Å²) in [5, 5.41) is 2.44. The summed E-state index contributed by atoms with van der Waals surface area (Å²) < 4.78 is 11.2. The minimum absolute atomic E-state index is 0.150. The van der Waals surface area contributed by atoms with Gasteiger partial charge in [0.05, 0.1) is 31.0 Å². The van der Waals surface area contributed by atoms with Crippen LogP contribution in [0.2, 0.25) is 0 Å². The smallest absolute Gasteiger partial charge is 0.339 e. The topological polar surface area (TPSA) is 121 Å². The van der Waals surface area contributed by atoms with Crippen LogP contribution in [0.3, 0.4) is 0 Å². The van der Waals surface area contributed by atoms with Crippen molar-refractivity contribution in [2.24, 2.45) is 0 Å². The lowest BCUT2D eigenvalue weighted by molar-refractivity contribution is -0.112. The first-order valence-electron chi connectivity index (χ1n) is 11.9. The standard InChI is InChI=1S/C30H22N2O7/c1-16-8-12-18(13-9-16)32-25-20-6-4-5-7-21(20)26(33)23(25)22(30(37)39-3)24(29(32)36)27(34)28(35)31-17-10-14-19(38-2)15-11-17/h4-15H,1-3H3,(H,31,35). The predicted molar refractivity (Wildman–Crippen MR) is 143 cm³/mol. The third kappa shape index (κ3) is 4.19. The molecule has 4 aromatic rings. The molecule has 1 amide bonds. The second-order valence-corrected chi connectivity index (χ2v) is 8.83. The summed E-state index contributed by atoms with van der Waals surface area (Å²) in [5.74, 6) is -3.57. The number of aryl methyl sites for hydroxylation is 1. The molecule has 1 N–H and O–H groups in total. The van der Waals surface area contributed by atoms with Crippen molar-refractivity contribution in [3.63, 3.8) is 0 Å². The molecule has 0 spiro atoms. The average Bonchev–Trinajstić information content (AvgIpc) is 3.24. The molecule has 194 valence electrons. The molecule has 0 fully saturated rings. The first kappa shape index (κ1) is 25.3. The zero-order chi connectivity index (χ0) is 27.8. The number of aromatic nitrogens is 1. The summed E-state index contributed by atoms with van der Waals surface area (Å²) in [5.41, 5.74) is -0.0541. The second-order valence-electron chi connectivity index (χ2n) is 8.83. The molecular weight excluding hydrogens is 500 g/mol. The van der Waals surface area contributed by atoms with Crippen LogP contribution in [0.15, 0.2) is 77.6 Å². The Kier molecular flexibility index (Phi) is 6.41. The van der Waals surface area contributed by atoms with Crippen LogP contribution in [0, 0.1) is 6.92 Å². The predicted octanol–water partition coefficient (Wildman–Crippen LogP) is 3.97. The van der Waals surface area contributed by atoms with E-state index in [9.17, 15) is 24.0 Å². The van der Waals surface area contributed by atoms with Crippen LogP contribution in [0.5, 0.6) is 5.75 Å². The Balaban J connectivity index is 1.77. The van der Waals surface area contributed by atoms with Gasteiger partial charge in [-0.1, -0.05) is 42.0 Å². The number of nitrogens with zero attached hydrogens (tertiary/aromatic N) is 1. The van der Waals surface area contributed by atoms with Gasteiger partial charge in [0.15, 0.2) is 5.78 Å². The highest BCUT2D eigenvalue weighted by atomic mass is 16.5. The van der Waals surface area contributed by atoms with Crippen molar-refractivity contribution >= 4 is 29.1 Å². The molecule has 1 aromatic heterocycles. The molecule has 0 atom stereocenters. The third-order valence-electron chi connectivity index (χ3n) is 6.49. The van der Waals surface area contributed by atoms with Crippen LogP contribution in [0.4, 0.5) is 5.69 Å². The summed E-state index contributed by atoms with van der Waals surface area (Å²) in [6.45, 7) is 1.87. The third-order valence-corrected chi connectivity index (χ3v) is 6.49. The van der Waals surface area contributed by atoms with Gasteiger partial charge in [-0.15, -0.1) is 0 Å². The van der Waals surface area contributed by atoms with Crippen LogP contribution in [-0.4, -0.2) is 42.2 Å². The highest BCUT2D eigenvalue weighted by molar-refractivity contribution is 6.48. The number of carbonyl (C=O) groups excluding carboxylic acids is 4. The lowest BCUT2D eigenvalue weighted by atomic mass is 9.96. The molecule has 0 saturated carbocycles. The van der Waals surface area contributed by atoms with Gasteiger partial charge in [-0.2, -0.15) is 0 Å². The summed E-state index contributed by atoms with van der Waals surface area (Å²) in [6, 6.07) is 19.6. The van der Waals surface area contributed by atoms with Crippen LogP contribution in [-0.2, 0) is 9.53 Å². The van der Waals surface area contributed by atoms with Gasteiger partial charge in [0.1, 0.15) is 11.3 Å². The number of Topliss-reactive ketones (excluding diaryl/α,β-unsaturated/α-hetero) is 1. The fraction of sp³-hybridized carbons (Fsp3) is 0.100. The summed E-state index contributed by atoms with van der Waals surface area (Å²) in [4.78, 5) is 67.5. The van der Waals surface area contributed by atoms with E-state index >= 15 is 0 Å². The van der Waals surface area contributed by atoms with E-state index in [1.54, 1.807) is 60.7 Å². The Labute approximate surface area is 222 Å². The number of methoxy groups -OCH3 is 2. The molecule has 1 aliphatic carbocycles. The van der Waals surface area contributed by atoms with Crippen molar-refractivity contribution in [1.82, 2.24) is 4.57 Å². The largest absolute Gasteiger partial charge is 0.497 e. The Morgan fingerprint density at radius 3 is 2.05 bits per heavy atom. The van der Waals surface area contributed by atoms with Gasteiger partial charge in [0.25, 0.3) is 17.2 Å². The number of carbonyl (C=O) groups is 4. The molecule has 0 radical (unpaired) electrons. The maximum Gasteiger partial charge on any atom is 0.339 e. The number of pyridine rings is 1. The molecule has 0 aliphatic heterocycles. The molecule has 0 bridgehead atoms. The Morgan fingerprint density at radius 1 is 0.795 bits per heavy atom. The minimum atomic E-state index is -1.29. The first-order chi connectivity index (χ1) is 18.8. The first-order valence-corrected chi connectivity index (χ1v) is 11.9. The molecule has 0 unspecified atom stereocenters. The lowest BCUT2D eigenvalue weighted by Gasteiger charge is -2.18. The molecule has 9 heteroatoms.